The summed E-state index contributed by atoms with van der Waals surface area (Å²) in [5.74, 6) is 2.65. The van der Waals surface area contributed by atoms with Gasteiger partial charge in [0.05, 0.1) is 0 Å². The first kappa shape index (κ1) is 15.7. The molecule has 0 radical (unpaired) electrons. The third kappa shape index (κ3) is 4.67. The van der Waals surface area contributed by atoms with Gasteiger partial charge >= 0.3 is 0 Å². The SMILES string of the molecule is CCNc1nc(CC)nc(NC(C)CCCO)c1C. The summed E-state index contributed by atoms with van der Waals surface area (Å²) in [6.45, 7) is 9.33. The van der Waals surface area contributed by atoms with Crippen LogP contribution in [0.25, 0.3) is 0 Å². The number of hydrogen-bond donors (Lipinski definition) is 3. The Kier molecular flexibility index (Phi) is 6.56. The van der Waals surface area contributed by atoms with Crippen LogP contribution in [0.3, 0.4) is 0 Å². The van der Waals surface area contributed by atoms with Gasteiger partial charge in [0.25, 0.3) is 0 Å². The standard InChI is InChI=1S/C14H26N4O/c1-5-12-17-13(15-6-2)11(4)14(18-12)16-10(3)8-7-9-19/h10,19H,5-9H2,1-4H3,(H2,15,16,17,18). The zero-order valence-electron chi connectivity index (χ0n) is 12.5. The smallest absolute Gasteiger partial charge is 0.134 e. The lowest BCUT2D eigenvalue weighted by atomic mass is 10.2. The molecule has 1 atom stereocenters. The molecule has 1 unspecified atom stereocenters. The molecule has 1 heterocycles. The summed E-state index contributed by atoms with van der Waals surface area (Å²) in [5.41, 5.74) is 1.05. The number of aryl methyl sites for hydroxylation is 1. The summed E-state index contributed by atoms with van der Waals surface area (Å²) in [6.07, 6.45) is 2.55. The predicted molar refractivity (Wildman–Crippen MR) is 79.7 cm³/mol. The number of hydrogen-bond acceptors (Lipinski definition) is 5. The lowest BCUT2D eigenvalue weighted by Gasteiger charge is -2.18. The second-order valence-electron chi connectivity index (χ2n) is 4.76. The molecular weight excluding hydrogens is 240 g/mol. The normalized spacial score (nSPS) is 12.3. The second kappa shape index (κ2) is 7.94. The van der Waals surface area contributed by atoms with Gasteiger partial charge in [-0.05, 0) is 33.6 Å². The summed E-state index contributed by atoms with van der Waals surface area (Å²) in [6, 6.07) is 0.292. The number of nitrogens with zero attached hydrogens (tertiary/aromatic N) is 2. The highest BCUT2D eigenvalue weighted by Gasteiger charge is 2.11. The molecule has 5 heteroatoms. The van der Waals surface area contributed by atoms with Crippen LogP contribution < -0.4 is 10.6 Å². The Bertz CT molecular complexity index is 395. The van der Waals surface area contributed by atoms with Gasteiger partial charge in [0.1, 0.15) is 17.5 Å². The quantitative estimate of drug-likeness (QED) is 0.674. The van der Waals surface area contributed by atoms with Crippen LogP contribution in [0.2, 0.25) is 0 Å². The van der Waals surface area contributed by atoms with E-state index in [1.54, 1.807) is 0 Å². The van der Waals surface area contributed by atoms with Crippen molar-refractivity contribution in [3.05, 3.63) is 11.4 Å². The first-order valence-electron chi connectivity index (χ1n) is 7.11. The van der Waals surface area contributed by atoms with Crippen LogP contribution in [0, 0.1) is 6.92 Å². The summed E-state index contributed by atoms with van der Waals surface area (Å²) in [5, 5.41) is 15.6. The van der Waals surface area contributed by atoms with E-state index in [4.69, 9.17) is 5.11 Å². The Labute approximate surface area is 115 Å². The summed E-state index contributed by atoms with van der Waals surface area (Å²) in [7, 11) is 0. The molecule has 1 aromatic rings. The van der Waals surface area contributed by atoms with E-state index in [-0.39, 0.29) is 6.61 Å². The molecule has 0 aliphatic carbocycles. The Morgan fingerprint density at radius 2 is 1.89 bits per heavy atom. The van der Waals surface area contributed by atoms with E-state index in [2.05, 4.69) is 41.4 Å². The maximum absolute atomic E-state index is 8.87. The zero-order valence-corrected chi connectivity index (χ0v) is 12.5. The van der Waals surface area contributed by atoms with E-state index < -0.39 is 0 Å². The Morgan fingerprint density at radius 1 is 1.21 bits per heavy atom. The number of nitrogens with one attached hydrogen (secondary N) is 2. The molecule has 5 nitrogen and oxygen atoms in total. The van der Waals surface area contributed by atoms with Crippen molar-refractivity contribution >= 4 is 11.6 Å². The van der Waals surface area contributed by atoms with E-state index in [0.717, 1.165) is 48.8 Å². The number of aliphatic hydroxyl groups is 1. The molecule has 0 bridgehead atoms. The molecule has 0 amide bonds. The summed E-state index contributed by atoms with van der Waals surface area (Å²) in [4.78, 5) is 9.07. The van der Waals surface area contributed by atoms with E-state index in [0.29, 0.717) is 6.04 Å². The van der Waals surface area contributed by atoms with E-state index >= 15 is 0 Å². The fraction of sp³-hybridized carbons (Fsp3) is 0.714. The van der Waals surface area contributed by atoms with Gasteiger partial charge < -0.3 is 15.7 Å². The zero-order chi connectivity index (χ0) is 14.3. The van der Waals surface area contributed by atoms with Crippen molar-refractivity contribution in [1.82, 2.24) is 9.97 Å². The number of rotatable bonds is 8. The molecular formula is C14H26N4O. The van der Waals surface area contributed by atoms with Gasteiger partial charge in [0.15, 0.2) is 0 Å². The van der Waals surface area contributed by atoms with Crippen LogP contribution >= 0.6 is 0 Å². The fourth-order valence-electron chi connectivity index (χ4n) is 1.90. The fourth-order valence-corrected chi connectivity index (χ4v) is 1.90. The summed E-state index contributed by atoms with van der Waals surface area (Å²) >= 11 is 0. The van der Waals surface area contributed by atoms with Crippen molar-refractivity contribution in [2.75, 3.05) is 23.8 Å². The van der Waals surface area contributed by atoms with Gasteiger partial charge in [0, 0.05) is 31.2 Å². The minimum Gasteiger partial charge on any atom is -0.396 e. The molecule has 0 saturated carbocycles. The van der Waals surface area contributed by atoms with E-state index in [9.17, 15) is 0 Å². The molecule has 0 spiro atoms. The van der Waals surface area contributed by atoms with Gasteiger partial charge in [-0.15, -0.1) is 0 Å². The van der Waals surface area contributed by atoms with Gasteiger partial charge in [-0.2, -0.15) is 0 Å². The van der Waals surface area contributed by atoms with Crippen LogP contribution in [-0.2, 0) is 6.42 Å². The maximum Gasteiger partial charge on any atom is 0.134 e. The largest absolute Gasteiger partial charge is 0.396 e. The number of aromatic nitrogens is 2. The molecule has 0 aromatic carbocycles. The molecule has 0 saturated heterocycles. The molecule has 0 aliphatic heterocycles. The van der Waals surface area contributed by atoms with Crippen LogP contribution in [-0.4, -0.2) is 34.3 Å². The van der Waals surface area contributed by atoms with Crippen LogP contribution in [0.15, 0.2) is 0 Å². The third-order valence-electron chi connectivity index (χ3n) is 3.03. The van der Waals surface area contributed by atoms with E-state index in [1.165, 1.54) is 0 Å². The van der Waals surface area contributed by atoms with Gasteiger partial charge in [0.2, 0.25) is 0 Å². The van der Waals surface area contributed by atoms with Crippen LogP contribution in [0.4, 0.5) is 11.6 Å². The average Bonchev–Trinajstić information content (AvgIpc) is 2.41. The van der Waals surface area contributed by atoms with Gasteiger partial charge in [-0.3, -0.25) is 0 Å². The lowest BCUT2D eigenvalue weighted by molar-refractivity contribution is 0.282. The van der Waals surface area contributed by atoms with Crippen LogP contribution in [0.5, 0.6) is 0 Å². The van der Waals surface area contributed by atoms with Gasteiger partial charge in [-0.1, -0.05) is 6.92 Å². The monoisotopic (exact) mass is 266 g/mol. The van der Waals surface area contributed by atoms with Crippen LogP contribution in [0.1, 0.15) is 45.0 Å². The number of aliphatic hydroxyl groups excluding tert-OH is 1. The summed E-state index contributed by atoms with van der Waals surface area (Å²) < 4.78 is 0. The van der Waals surface area contributed by atoms with Crippen molar-refractivity contribution in [1.29, 1.82) is 0 Å². The molecule has 19 heavy (non-hydrogen) atoms. The Balaban J connectivity index is 2.88. The number of anilines is 2. The minimum atomic E-state index is 0.234. The lowest BCUT2D eigenvalue weighted by Crippen LogP contribution is -2.19. The molecule has 0 aliphatic rings. The van der Waals surface area contributed by atoms with Crippen molar-refractivity contribution in [2.45, 2.75) is 53.0 Å². The molecule has 3 N–H and O–H groups in total. The van der Waals surface area contributed by atoms with Crippen molar-refractivity contribution < 1.29 is 5.11 Å². The van der Waals surface area contributed by atoms with E-state index in [1.807, 2.05) is 6.92 Å². The molecule has 1 rings (SSSR count). The highest BCUT2D eigenvalue weighted by molar-refractivity contribution is 5.57. The second-order valence-corrected chi connectivity index (χ2v) is 4.76. The van der Waals surface area contributed by atoms with Crippen molar-refractivity contribution in [3.8, 4) is 0 Å². The Morgan fingerprint density at radius 3 is 2.47 bits per heavy atom. The molecule has 1 aromatic heterocycles. The Hall–Kier alpha value is -1.36. The first-order chi connectivity index (χ1) is 9.12. The topological polar surface area (TPSA) is 70.1 Å². The minimum absolute atomic E-state index is 0.234. The first-order valence-corrected chi connectivity index (χ1v) is 7.11. The van der Waals surface area contributed by atoms with Gasteiger partial charge in [-0.25, -0.2) is 9.97 Å². The predicted octanol–water partition coefficient (Wildman–Crippen LogP) is 2.35. The maximum atomic E-state index is 8.87. The van der Waals surface area contributed by atoms with Crippen molar-refractivity contribution in [3.63, 3.8) is 0 Å². The molecule has 0 fully saturated rings. The average molecular weight is 266 g/mol. The van der Waals surface area contributed by atoms with Crippen molar-refractivity contribution in [2.24, 2.45) is 0 Å². The molecule has 108 valence electrons. The highest BCUT2D eigenvalue weighted by Crippen LogP contribution is 2.21. The highest BCUT2D eigenvalue weighted by atomic mass is 16.2. The third-order valence-corrected chi connectivity index (χ3v) is 3.03.